The largest absolute Gasteiger partial charge is 0.185 e. The Hall–Kier alpha value is -0.160. The molecular formula is C8H13NS. The highest BCUT2D eigenvalue weighted by molar-refractivity contribution is 8.04. The van der Waals surface area contributed by atoms with Crippen LogP contribution in [0.2, 0.25) is 0 Å². The van der Waals surface area contributed by atoms with Gasteiger partial charge < -0.3 is 0 Å². The van der Waals surface area contributed by atoms with Crippen molar-refractivity contribution >= 4 is 11.8 Å². The fourth-order valence-electron chi connectivity index (χ4n) is 1.42. The Morgan fingerprint density at radius 3 is 2.40 bits per heavy atom. The van der Waals surface area contributed by atoms with E-state index in [1.54, 1.807) is 0 Å². The van der Waals surface area contributed by atoms with Gasteiger partial charge >= 0.3 is 0 Å². The monoisotopic (exact) mass is 155 g/mol. The summed E-state index contributed by atoms with van der Waals surface area (Å²) in [7, 11) is 0. The molecule has 1 aliphatic carbocycles. The molecule has 1 rings (SSSR count). The molecule has 0 atom stereocenters. The number of nitrogens with zero attached hydrogens (tertiary/aromatic N) is 1. The van der Waals surface area contributed by atoms with Gasteiger partial charge in [-0.05, 0) is 43.4 Å². The second-order valence-corrected chi connectivity index (χ2v) is 4.18. The summed E-state index contributed by atoms with van der Waals surface area (Å²) in [6.07, 6.45) is 5.14. The van der Waals surface area contributed by atoms with E-state index in [9.17, 15) is 0 Å². The van der Waals surface area contributed by atoms with Crippen molar-refractivity contribution in [3.63, 3.8) is 0 Å². The fraction of sp³-hybridized carbons (Fsp3) is 0.875. The molecule has 0 unspecified atom stereocenters. The van der Waals surface area contributed by atoms with Crippen LogP contribution in [0.1, 0.15) is 32.6 Å². The lowest BCUT2D eigenvalue weighted by Crippen LogP contribution is -2.13. The minimum Gasteiger partial charge on any atom is -0.185 e. The molecule has 1 saturated carbocycles. The van der Waals surface area contributed by atoms with E-state index in [-0.39, 0.29) is 0 Å². The Morgan fingerprint density at radius 1 is 1.30 bits per heavy atom. The van der Waals surface area contributed by atoms with Crippen molar-refractivity contribution in [1.82, 2.24) is 0 Å². The van der Waals surface area contributed by atoms with Crippen LogP contribution >= 0.6 is 11.8 Å². The Labute approximate surface area is 66.8 Å². The van der Waals surface area contributed by atoms with E-state index in [4.69, 9.17) is 5.26 Å². The summed E-state index contributed by atoms with van der Waals surface area (Å²) < 4.78 is 0. The van der Waals surface area contributed by atoms with Crippen molar-refractivity contribution < 1.29 is 0 Å². The van der Waals surface area contributed by atoms with Crippen LogP contribution in [0.15, 0.2) is 0 Å². The van der Waals surface area contributed by atoms with Gasteiger partial charge in [0, 0.05) is 5.25 Å². The highest BCUT2D eigenvalue weighted by atomic mass is 32.2. The number of rotatable bonds is 1. The van der Waals surface area contributed by atoms with Crippen molar-refractivity contribution in [1.29, 1.82) is 5.26 Å². The molecule has 0 bridgehead atoms. The third-order valence-electron chi connectivity index (χ3n) is 2.18. The van der Waals surface area contributed by atoms with Crippen LogP contribution in [0.4, 0.5) is 0 Å². The lowest BCUT2D eigenvalue weighted by atomic mass is 9.91. The Kier molecular flexibility index (Phi) is 3.08. The van der Waals surface area contributed by atoms with Crippen LogP contribution in [0, 0.1) is 16.6 Å². The topological polar surface area (TPSA) is 23.8 Å². The van der Waals surface area contributed by atoms with Crippen molar-refractivity contribution in [2.45, 2.75) is 37.9 Å². The van der Waals surface area contributed by atoms with Crippen LogP contribution in [-0.2, 0) is 0 Å². The van der Waals surface area contributed by atoms with Crippen LogP contribution in [-0.4, -0.2) is 5.25 Å². The van der Waals surface area contributed by atoms with Crippen LogP contribution in [0.5, 0.6) is 0 Å². The molecule has 0 aliphatic heterocycles. The minimum atomic E-state index is 0.640. The minimum absolute atomic E-state index is 0.640. The zero-order valence-corrected chi connectivity index (χ0v) is 7.16. The predicted octanol–water partition coefficient (Wildman–Crippen LogP) is 2.78. The quantitative estimate of drug-likeness (QED) is 0.544. The fourth-order valence-corrected chi connectivity index (χ4v) is 2.08. The Bertz CT molecular complexity index is 131. The molecule has 1 fully saturated rings. The van der Waals surface area contributed by atoms with Gasteiger partial charge in [-0.2, -0.15) is 5.26 Å². The van der Waals surface area contributed by atoms with Gasteiger partial charge in [0.1, 0.15) is 5.40 Å². The zero-order chi connectivity index (χ0) is 7.40. The second-order valence-electron chi connectivity index (χ2n) is 3.09. The molecule has 0 aromatic heterocycles. The molecule has 0 aromatic carbocycles. The van der Waals surface area contributed by atoms with Gasteiger partial charge in [-0.3, -0.25) is 0 Å². The number of hydrogen-bond donors (Lipinski definition) is 0. The Balaban J connectivity index is 2.21. The first-order chi connectivity index (χ1) is 4.83. The number of hydrogen-bond acceptors (Lipinski definition) is 2. The molecule has 0 heterocycles. The summed E-state index contributed by atoms with van der Waals surface area (Å²) in [4.78, 5) is 0. The smallest absolute Gasteiger partial charge is 0.133 e. The Morgan fingerprint density at radius 2 is 1.90 bits per heavy atom. The molecule has 1 nitrogen and oxygen atoms in total. The molecular weight excluding hydrogens is 142 g/mol. The molecule has 0 saturated heterocycles. The predicted molar refractivity (Wildman–Crippen MR) is 44.6 cm³/mol. The van der Waals surface area contributed by atoms with Gasteiger partial charge in [0.05, 0.1) is 0 Å². The van der Waals surface area contributed by atoms with E-state index in [0.29, 0.717) is 5.25 Å². The highest BCUT2D eigenvalue weighted by Gasteiger charge is 2.17. The lowest BCUT2D eigenvalue weighted by Gasteiger charge is -2.23. The SMILES string of the molecule is CC1CCC(SC#N)CC1. The molecule has 0 amide bonds. The second kappa shape index (κ2) is 3.88. The first-order valence-corrected chi connectivity index (χ1v) is 4.75. The molecule has 1 aliphatic rings. The molecule has 56 valence electrons. The average Bonchev–Trinajstić information content (AvgIpc) is 1.95. The lowest BCUT2D eigenvalue weighted by molar-refractivity contribution is 0.394. The van der Waals surface area contributed by atoms with Crippen molar-refractivity contribution in [3.8, 4) is 5.40 Å². The van der Waals surface area contributed by atoms with Gasteiger partial charge in [-0.15, -0.1) is 0 Å². The van der Waals surface area contributed by atoms with E-state index in [2.05, 4.69) is 12.3 Å². The number of nitriles is 1. The van der Waals surface area contributed by atoms with Gasteiger partial charge in [0.2, 0.25) is 0 Å². The first-order valence-electron chi connectivity index (χ1n) is 3.87. The number of thioether (sulfide) groups is 1. The average molecular weight is 155 g/mol. The number of thiocyanates is 1. The van der Waals surface area contributed by atoms with Crippen LogP contribution in [0.3, 0.4) is 0 Å². The summed E-state index contributed by atoms with van der Waals surface area (Å²) in [6.45, 7) is 2.30. The van der Waals surface area contributed by atoms with E-state index in [1.807, 2.05) is 0 Å². The summed E-state index contributed by atoms with van der Waals surface area (Å²) in [6, 6.07) is 0. The van der Waals surface area contributed by atoms with Gasteiger partial charge in [-0.1, -0.05) is 6.92 Å². The molecule has 2 heteroatoms. The third kappa shape index (κ3) is 2.22. The van der Waals surface area contributed by atoms with Crippen LogP contribution < -0.4 is 0 Å². The highest BCUT2D eigenvalue weighted by Crippen LogP contribution is 2.30. The van der Waals surface area contributed by atoms with Crippen LogP contribution in [0.25, 0.3) is 0 Å². The first kappa shape index (κ1) is 7.94. The van der Waals surface area contributed by atoms with Gasteiger partial charge in [0.25, 0.3) is 0 Å². The van der Waals surface area contributed by atoms with Gasteiger partial charge in [0.15, 0.2) is 0 Å². The molecule has 0 radical (unpaired) electrons. The van der Waals surface area contributed by atoms with E-state index in [1.165, 1.54) is 37.4 Å². The molecule has 0 N–H and O–H groups in total. The van der Waals surface area contributed by atoms with E-state index >= 15 is 0 Å². The molecule has 10 heavy (non-hydrogen) atoms. The summed E-state index contributed by atoms with van der Waals surface area (Å²) in [5.74, 6) is 0.899. The van der Waals surface area contributed by atoms with Crippen molar-refractivity contribution in [2.24, 2.45) is 5.92 Å². The summed E-state index contributed by atoms with van der Waals surface area (Å²) >= 11 is 1.46. The third-order valence-corrected chi connectivity index (χ3v) is 3.09. The summed E-state index contributed by atoms with van der Waals surface area (Å²) in [5, 5.41) is 11.2. The molecule has 0 spiro atoms. The van der Waals surface area contributed by atoms with E-state index in [0.717, 1.165) is 5.92 Å². The summed E-state index contributed by atoms with van der Waals surface area (Å²) in [5.41, 5.74) is 0. The maximum Gasteiger partial charge on any atom is 0.133 e. The van der Waals surface area contributed by atoms with Gasteiger partial charge in [-0.25, -0.2) is 0 Å². The standard InChI is InChI=1S/C8H13NS/c1-7-2-4-8(5-3-7)10-6-9/h7-8H,2-5H2,1H3. The molecule has 0 aromatic rings. The zero-order valence-electron chi connectivity index (χ0n) is 6.34. The maximum absolute atomic E-state index is 8.40. The van der Waals surface area contributed by atoms with E-state index < -0.39 is 0 Å². The van der Waals surface area contributed by atoms with Crippen molar-refractivity contribution in [2.75, 3.05) is 0 Å². The normalized spacial score (nSPS) is 33.2. The maximum atomic E-state index is 8.40. The van der Waals surface area contributed by atoms with Crippen molar-refractivity contribution in [3.05, 3.63) is 0 Å².